The van der Waals surface area contributed by atoms with Crippen LogP contribution >= 0.6 is 11.6 Å². The van der Waals surface area contributed by atoms with Crippen LogP contribution in [0.2, 0.25) is 5.02 Å². The summed E-state index contributed by atoms with van der Waals surface area (Å²) in [5, 5.41) is 15.5. The molecular formula is C20H18ClF3N4O2. The van der Waals surface area contributed by atoms with E-state index in [0.29, 0.717) is 40.8 Å². The third-order valence-electron chi connectivity index (χ3n) is 3.84. The minimum Gasteiger partial charge on any atom is -0.406 e. The molecule has 1 heterocycles. The molecule has 30 heavy (non-hydrogen) atoms. The van der Waals surface area contributed by atoms with Gasteiger partial charge in [-0.2, -0.15) is 4.98 Å². The number of alkyl halides is 3. The minimum absolute atomic E-state index is 0.00571. The molecule has 10 heteroatoms. The lowest BCUT2D eigenvalue weighted by atomic mass is 10.1. The van der Waals surface area contributed by atoms with Crippen LogP contribution in [0.1, 0.15) is 6.42 Å². The Kier molecular flexibility index (Phi) is 6.96. The molecule has 0 bridgehead atoms. The first-order valence-electron chi connectivity index (χ1n) is 8.95. The van der Waals surface area contributed by atoms with E-state index in [4.69, 9.17) is 16.7 Å². The smallest absolute Gasteiger partial charge is 0.406 e. The van der Waals surface area contributed by atoms with Crippen molar-refractivity contribution < 1.29 is 23.0 Å². The van der Waals surface area contributed by atoms with E-state index in [1.54, 1.807) is 36.4 Å². The van der Waals surface area contributed by atoms with Crippen LogP contribution in [0, 0.1) is 0 Å². The predicted molar refractivity (Wildman–Crippen MR) is 109 cm³/mol. The number of aliphatic hydroxyl groups excluding tert-OH is 1. The average molecular weight is 439 g/mol. The Morgan fingerprint density at radius 2 is 1.83 bits per heavy atom. The zero-order valence-corrected chi connectivity index (χ0v) is 16.3. The molecule has 6 nitrogen and oxygen atoms in total. The van der Waals surface area contributed by atoms with Crippen molar-refractivity contribution in [3.05, 3.63) is 59.6 Å². The van der Waals surface area contributed by atoms with Gasteiger partial charge in [0.1, 0.15) is 11.6 Å². The molecule has 158 valence electrons. The first-order valence-corrected chi connectivity index (χ1v) is 9.33. The highest BCUT2D eigenvalue weighted by atomic mass is 35.5. The quantitative estimate of drug-likeness (QED) is 0.418. The number of aliphatic hydroxyl groups is 1. The number of halogens is 4. The Morgan fingerprint density at radius 3 is 2.57 bits per heavy atom. The van der Waals surface area contributed by atoms with Crippen LogP contribution in [0.4, 0.5) is 30.6 Å². The molecular weight excluding hydrogens is 421 g/mol. The Balaban J connectivity index is 1.95. The van der Waals surface area contributed by atoms with Crippen LogP contribution in [0.5, 0.6) is 5.75 Å². The normalized spacial score (nSPS) is 11.2. The van der Waals surface area contributed by atoms with E-state index in [2.05, 4.69) is 25.3 Å². The first-order chi connectivity index (χ1) is 14.3. The number of hydrogen-bond donors (Lipinski definition) is 3. The van der Waals surface area contributed by atoms with E-state index in [9.17, 15) is 13.2 Å². The Morgan fingerprint density at radius 1 is 1.03 bits per heavy atom. The van der Waals surface area contributed by atoms with Gasteiger partial charge in [-0.1, -0.05) is 35.9 Å². The van der Waals surface area contributed by atoms with Gasteiger partial charge in [-0.05, 0) is 30.7 Å². The highest BCUT2D eigenvalue weighted by Gasteiger charge is 2.31. The fourth-order valence-electron chi connectivity index (χ4n) is 2.57. The van der Waals surface area contributed by atoms with E-state index < -0.39 is 6.36 Å². The van der Waals surface area contributed by atoms with Crippen LogP contribution in [-0.4, -0.2) is 34.6 Å². The highest BCUT2D eigenvalue weighted by molar-refractivity contribution is 6.33. The van der Waals surface area contributed by atoms with E-state index >= 15 is 0 Å². The number of aromatic nitrogens is 2. The molecule has 1 aromatic heterocycles. The van der Waals surface area contributed by atoms with Gasteiger partial charge in [0.2, 0.25) is 5.95 Å². The maximum Gasteiger partial charge on any atom is 0.573 e. The molecule has 0 unspecified atom stereocenters. The van der Waals surface area contributed by atoms with Crippen LogP contribution < -0.4 is 15.4 Å². The van der Waals surface area contributed by atoms with Gasteiger partial charge in [-0.15, -0.1) is 13.2 Å². The molecule has 0 aliphatic carbocycles. The lowest BCUT2D eigenvalue weighted by Gasteiger charge is -2.13. The first kappa shape index (κ1) is 21.7. The van der Waals surface area contributed by atoms with Crippen LogP contribution in [0.15, 0.2) is 54.6 Å². The van der Waals surface area contributed by atoms with Gasteiger partial charge in [0.15, 0.2) is 0 Å². The molecule has 0 saturated heterocycles. The number of nitrogens with zero attached hydrogens (tertiary/aromatic N) is 2. The molecule has 3 N–H and O–H groups in total. The van der Waals surface area contributed by atoms with Crippen molar-refractivity contribution in [3.63, 3.8) is 0 Å². The summed E-state index contributed by atoms with van der Waals surface area (Å²) in [5.74, 6) is 0.286. The second kappa shape index (κ2) is 9.64. The molecule has 0 fully saturated rings. The summed E-state index contributed by atoms with van der Waals surface area (Å²) in [7, 11) is 0. The summed E-state index contributed by atoms with van der Waals surface area (Å²) < 4.78 is 41.7. The van der Waals surface area contributed by atoms with Gasteiger partial charge < -0.3 is 20.5 Å². The van der Waals surface area contributed by atoms with E-state index in [0.717, 1.165) is 0 Å². The van der Waals surface area contributed by atoms with Crippen LogP contribution in [-0.2, 0) is 0 Å². The van der Waals surface area contributed by atoms with E-state index in [-0.39, 0.29) is 18.3 Å². The van der Waals surface area contributed by atoms with Gasteiger partial charge in [-0.25, -0.2) is 4.98 Å². The Hall–Kier alpha value is -3.04. The lowest BCUT2D eigenvalue weighted by Crippen LogP contribution is -2.17. The van der Waals surface area contributed by atoms with Crippen molar-refractivity contribution in [1.29, 1.82) is 0 Å². The second-order valence-corrected chi connectivity index (χ2v) is 6.55. The number of anilines is 3. The molecule has 0 atom stereocenters. The molecule has 2 aromatic carbocycles. The summed E-state index contributed by atoms with van der Waals surface area (Å²) >= 11 is 6.18. The number of rotatable bonds is 8. The van der Waals surface area contributed by atoms with Gasteiger partial charge in [0.25, 0.3) is 0 Å². The number of para-hydroxylation sites is 1. The predicted octanol–water partition coefficient (Wildman–Crippen LogP) is 5.23. The Bertz CT molecular complexity index is 1000. The van der Waals surface area contributed by atoms with Crippen molar-refractivity contribution in [1.82, 2.24) is 9.97 Å². The lowest BCUT2D eigenvalue weighted by molar-refractivity contribution is -0.274. The number of ether oxygens (including phenoxy) is 1. The third kappa shape index (κ3) is 6.23. The zero-order chi connectivity index (χ0) is 21.6. The highest BCUT2D eigenvalue weighted by Crippen LogP contribution is 2.30. The SMILES string of the molecule is OCCCNc1nc(Nc2ccccc2Cl)cc(-c2cccc(OC(F)(F)F)c2)n1. The molecule has 0 amide bonds. The molecule has 0 saturated carbocycles. The minimum atomic E-state index is -4.79. The zero-order valence-electron chi connectivity index (χ0n) is 15.6. The maximum absolute atomic E-state index is 12.6. The van der Waals surface area contributed by atoms with Crippen molar-refractivity contribution in [2.75, 3.05) is 23.8 Å². The molecule has 3 rings (SSSR count). The summed E-state index contributed by atoms with van der Waals surface area (Å²) in [6.45, 7) is 0.414. The molecule has 0 radical (unpaired) electrons. The summed E-state index contributed by atoms with van der Waals surface area (Å²) in [6, 6.07) is 14.2. The van der Waals surface area contributed by atoms with Crippen molar-refractivity contribution in [2.45, 2.75) is 12.8 Å². The standard InChI is InChI=1S/C20H18ClF3N4O2/c21-15-7-1-2-8-16(15)26-18-12-17(27-19(28-18)25-9-4-10-29)13-5-3-6-14(11-13)30-20(22,23)24/h1-3,5-8,11-12,29H,4,9-10H2,(H2,25,26,27,28). The average Bonchev–Trinajstić information content (AvgIpc) is 2.69. The van der Waals surface area contributed by atoms with Crippen LogP contribution in [0.25, 0.3) is 11.3 Å². The van der Waals surface area contributed by atoms with Gasteiger partial charge in [-0.3, -0.25) is 0 Å². The van der Waals surface area contributed by atoms with E-state index in [1.807, 2.05) is 0 Å². The van der Waals surface area contributed by atoms with Crippen LogP contribution in [0.3, 0.4) is 0 Å². The van der Waals surface area contributed by atoms with Gasteiger partial charge in [0, 0.05) is 24.8 Å². The molecule has 0 spiro atoms. The molecule has 0 aliphatic heterocycles. The van der Waals surface area contributed by atoms with Gasteiger partial charge in [0.05, 0.1) is 16.4 Å². The largest absolute Gasteiger partial charge is 0.573 e. The number of nitrogens with one attached hydrogen (secondary N) is 2. The van der Waals surface area contributed by atoms with Crippen molar-refractivity contribution in [2.24, 2.45) is 0 Å². The summed E-state index contributed by atoms with van der Waals surface area (Å²) in [6.07, 6.45) is -4.31. The topological polar surface area (TPSA) is 79.3 Å². The summed E-state index contributed by atoms with van der Waals surface area (Å²) in [5.41, 5.74) is 1.39. The second-order valence-electron chi connectivity index (χ2n) is 6.15. The maximum atomic E-state index is 12.6. The number of benzene rings is 2. The van der Waals surface area contributed by atoms with Gasteiger partial charge >= 0.3 is 6.36 Å². The van der Waals surface area contributed by atoms with Crippen molar-refractivity contribution in [3.8, 4) is 17.0 Å². The van der Waals surface area contributed by atoms with Crippen molar-refractivity contribution >= 4 is 29.1 Å². The molecule has 3 aromatic rings. The fraction of sp³-hybridized carbons (Fsp3) is 0.200. The fourth-order valence-corrected chi connectivity index (χ4v) is 2.75. The molecule has 0 aliphatic rings. The summed E-state index contributed by atoms with van der Waals surface area (Å²) in [4.78, 5) is 8.73. The van der Waals surface area contributed by atoms with E-state index in [1.165, 1.54) is 18.2 Å². The third-order valence-corrected chi connectivity index (χ3v) is 4.17. The monoisotopic (exact) mass is 438 g/mol. The number of hydrogen-bond acceptors (Lipinski definition) is 6. The Labute approximate surface area is 175 Å².